The highest BCUT2D eigenvalue weighted by molar-refractivity contribution is 6.04. The molecular formula is C24H21F2N7O2. The number of halogens is 2. The lowest BCUT2D eigenvalue weighted by Gasteiger charge is -2.33. The molecule has 0 saturated heterocycles. The van der Waals surface area contributed by atoms with Crippen LogP contribution in [0.15, 0.2) is 42.6 Å². The zero-order valence-corrected chi connectivity index (χ0v) is 18.6. The van der Waals surface area contributed by atoms with E-state index < -0.39 is 36.5 Å². The average Bonchev–Trinajstić information content (AvgIpc) is 3.27. The third-order valence-corrected chi connectivity index (χ3v) is 6.14. The SMILES string of the molecule is Cc1ccc2[nH]ncc2c1-c1nc(-c2ccccc2NC(=O)C2CC(F)(F)C2)nc(C(N)=O)c1N. The minimum atomic E-state index is -2.82. The first-order valence-corrected chi connectivity index (χ1v) is 10.8. The van der Waals surface area contributed by atoms with Gasteiger partial charge in [0.15, 0.2) is 11.5 Å². The van der Waals surface area contributed by atoms with Crippen molar-refractivity contribution in [3.63, 3.8) is 0 Å². The Morgan fingerprint density at radius 2 is 1.89 bits per heavy atom. The van der Waals surface area contributed by atoms with Crippen molar-refractivity contribution in [1.82, 2.24) is 20.2 Å². The average molecular weight is 477 g/mol. The van der Waals surface area contributed by atoms with Crippen molar-refractivity contribution in [3.8, 4) is 22.6 Å². The number of nitrogens with zero attached hydrogens (tertiary/aromatic N) is 3. The smallest absolute Gasteiger partial charge is 0.269 e. The van der Waals surface area contributed by atoms with Gasteiger partial charge >= 0.3 is 0 Å². The number of carbonyl (C=O) groups excluding carboxylic acids is 2. The number of nitrogen functional groups attached to an aromatic ring is 1. The quantitative estimate of drug-likeness (QED) is 0.344. The molecule has 2 amide bonds. The fourth-order valence-corrected chi connectivity index (χ4v) is 4.28. The first-order chi connectivity index (χ1) is 16.6. The molecule has 0 spiro atoms. The number of fused-ring (bicyclic) bond motifs is 1. The molecule has 35 heavy (non-hydrogen) atoms. The van der Waals surface area contributed by atoms with Crippen LogP contribution in [0.5, 0.6) is 0 Å². The van der Waals surface area contributed by atoms with E-state index in [4.69, 9.17) is 11.5 Å². The number of nitrogens with one attached hydrogen (secondary N) is 2. The summed E-state index contributed by atoms with van der Waals surface area (Å²) >= 11 is 0. The largest absolute Gasteiger partial charge is 0.395 e. The maximum absolute atomic E-state index is 13.3. The Bertz CT molecular complexity index is 1490. The molecule has 0 unspecified atom stereocenters. The van der Waals surface area contributed by atoms with E-state index in [9.17, 15) is 18.4 Å². The third-order valence-electron chi connectivity index (χ3n) is 6.14. The number of rotatable bonds is 5. The van der Waals surface area contributed by atoms with Crippen LogP contribution in [0.2, 0.25) is 0 Å². The van der Waals surface area contributed by atoms with Gasteiger partial charge in [0.2, 0.25) is 11.8 Å². The predicted molar refractivity (Wildman–Crippen MR) is 127 cm³/mol. The number of aromatic nitrogens is 4. The Hall–Kier alpha value is -4.41. The lowest BCUT2D eigenvalue weighted by Crippen LogP contribution is -2.42. The Labute approximate surface area is 197 Å². The normalized spacial score (nSPS) is 15.1. The van der Waals surface area contributed by atoms with Gasteiger partial charge in [-0.25, -0.2) is 18.7 Å². The fraction of sp³-hybridized carbons (Fsp3) is 0.208. The van der Waals surface area contributed by atoms with Crippen molar-refractivity contribution in [1.29, 1.82) is 0 Å². The van der Waals surface area contributed by atoms with E-state index in [1.165, 1.54) is 0 Å². The molecule has 0 radical (unpaired) electrons. The van der Waals surface area contributed by atoms with Crippen molar-refractivity contribution < 1.29 is 18.4 Å². The minimum absolute atomic E-state index is 0.0104. The van der Waals surface area contributed by atoms with Crippen LogP contribution in [0.4, 0.5) is 20.2 Å². The van der Waals surface area contributed by atoms with Crippen LogP contribution in [0, 0.1) is 12.8 Å². The summed E-state index contributed by atoms with van der Waals surface area (Å²) in [5.74, 6) is -4.88. The number of amides is 2. The summed E-state index contributed by atoms with van der Waals surface area (Å²) in [5, 5.41) is 10.4. The maximum atomic E-state index is 13.3. The highest BCUT2D eigenvalue weighted by atomic mass is 19.3. The number of nitrogens with two attached hydrogens (primary N) is 2. The number of aryl methyl sites for hydroxylation is 1. The van der Waals surface area contributed by atoms with Gasteiger partial charge in [-0.15, -0.1) is 0 Å². The molecule has 0 bridgehead atoms. The number of hydrogen-bond donors (Lipinski definition) is 4. The van der Waals surface area contributed by atoms with Crippen molar-refractivity contribution in [3.05, 3.63) is 53.9 Å². The van der Waals surface area contributed by atoms with Gasteiger partial charge in [0, 0.05) is 35.3 Å². The number of aromatic amines is 1. The molecule has 6 N–H and O–H groups in total. The lowest BCUT2D eigenvalue weighted by molar-refractivity contribution is -0.145. The predicted octanol–water partition coefficient (Wildman–Crippen LogP) is 3.66. The van der Waals surface area contributed by atoms with Crippen molar-refractivity contribution in [2.75, 3.05) is 11.1 Å². The molecule has 1 fully saturated rings. The van der Waals surface area contributed by atoms with Gasteiger partial charge in [0.05, 0.1) is 28.8 Å². The van der Waals surface area contributed by atoms with Crippen LogP contribution in [0.1, 0.15) is 28.9 Å². The number of para-hydroxylation sites is 1. The molecule has 9 nitrogen and oxygen atoms in total. The lowest BCUT2D eigenvalue weighted by atomic mass is 9.80. The summed E-state index contributed by atoms with van der Waals surface area (Å²) in [5.41, 5.74) is 14.9. The topological polar surface area (TPSA) is 153 Å². The van der Waals surface area contributed by atoms with Gasteiger partial charge in [0.25, 0.3) is 5.91 Å². The molecule has 5 rings (SSSR count). The van der Waals surface area contributed by atoms with Gasteiger partial charge in [0.1, 0.15) is 0 Å². The molecule has 4 aromatic rings. The zero-order valence-electron chi connectivity index (χ0n) is 18.6. The standard InChI is InChI=1S/C24H21F2N7O2/c1-11-6-7-16-14(10-29-33-16)17(11)19-18(27)20(21(28)34)32-22(31-19)13-4-2-3-5-15(13)30-23(35)12-8-24(25,26)9-12/h2-7,10,12H,8-9,27H2,1H3,(H2,28,34)(H,29,33)(H,30,35). The Morgan fingerprint density at radius 1 is 1.14 bits per heavy atom. The van der Waals surface area contributed by atoms with Crippen molar-refractivity contribution in [2.24, 2.45) is 11.7 Å². The zero-order chi connectivity index (χ0) is 24.9. The van der Waals surface area contributed by atoms with Gasteiger partial charge in [-0.2, -0.15) is 5.10 Å². The van der Waals surface area contributed by atoms with Gasteiger partial charge in [-0.05, 0) is 30.7 Å². The Morgan fingerprint density at radius 3 is 2.60 bits per heavy atom. The minimum Gasteiger partial charge on any atom is -0.395 e. The van der Waals surface area contributed by atoms with E-state index in [0.717, 1.165) is 16.5 Å². The highest BCUT2D eigenvalue weighted by Gasteiger charge is 2.48. The molecule has 1 saturated carbocycles. The molecule has 2 aromatic heterocycles. The number of alkyl halides is 2. The summed E-state index contributed by atoms with van der Waals surface area (Å²) in [6.07, 6.45) is 0.637. The van der Waals surface area contributed by atoms with Crippen molar-refractivity contribution >= 4 is 34.1 Å². The monoisotopic (exact) mass is 477 g/mol. The molecule has 1 aliphatic carbocycles. The van der Waals surface area contributed by atoms with Crippen LogP contribution >= 0.6 is 0 Å². The summed E-state index contributed by atoms with van der Waals surface area (Å²) < 4.78 is 26.5. The molecular weight excluding hydrogens is 456 g/mol. The van der Waals surface area contributed by atoms with E-state index >= 15 is 0 Å². The number of benzene rings is 2. The number of carbonyl (C=O) groups is 2. The van der Waals surface area contributed by atoms with Crippen molar-refractivity contribution in [2.45, 2.75) is 25.7 Å². The van der Waals surface area contributed by atoms with Gasteiger partial charge in [-0.3, -0.25) is 14.7 Å². The van der Waals surface area contributed by atoms with Gasteiger partial charge in [-0.1, -0.05) is 18.2 Å². The van der Waals surface area contributed by atoms with E-state index in [1.807, 2.05) is 19.1 Å². The Kier molecular flexibility index (Phi) is 5.19. The molecule has 0 aliphatic heterocycles. The third kappa shape index (κ3) is 3.94. The second-order valence-electron chi connectivity index (χ2n) is 8.61. The number of H-pyrrole nitrogens is 1. The summed E-state index contributed by atoms with van der Waals surface area (Å²) in [6.45, 7) is 1.87. The first kappa shape index (κ1) is 22.4. The van der Waals surface area contributed by atoms with Crippen LogP contribution in [0.25, 0.3) is 33.5 Å². The second kappa shape index (κ2) is 8.12. The maximum Gasteiger partial charge on any atom is 0.269 e. The molecule has 2 aromatic carbocycles. The van der Waals surface area contributed by atoms with Crippen LogP contribution in [-0.4, -0.2) is 37.9 Å². The summed E-state index contributed by atoms with van der Waals surface area (Å²) in [4.78, 5) is 33.7. The number of anilines is 2. The number of hydrogen-bond acceptors (Lipinski definition) is 6. The Balaban J connectivity index is 1.64. The fourth-order valence-electron chi connectivity index (χ4n) is 4.28. The second-order valence-corrected chi connectivity index (χ2v) is 8.61. The number of primary amides is 1. The molecule has 0 atom stereocenters. The van der Waals surface area contributed by atoms with E-state index in [0.29, 0.717) is 16.8 Å². The summed E-state index contributed by atoms with van der Waals surface area (Å²) in [7, 11) is 0. The first-order valence-electron chi connectivity index (χ1n) is 10.8. The van der Waals surface area contributed by atoms with E-state index in [1.54, 1.807) is 30.5 Å². The highest BCUT2D eigenvalue weighted by Crippen LogP contribution is 2.43. The van der Waals surface area contributed by atoms with Crippen LogP contribution in [0.3, 0.4) is 0 Å². The van der Waals surface area contributed by atoms with Crippen LogP contribution in [-0.2, 0) is 4.79 Å². The van der Waals surface area contributed by atoms with E-state index in [-0.39, 0.29) is 22.9 Å². The van der Waals surface area contributed by atoms with Gasteiger partial charge < -0.3 is 16.8 Å². The molecule has 11 heteroatoms. The van der Waals surface area contributed by atoms with Crippen LogP contribution < -0.4 is 16.8 Å². The van der Waals surface area contributed by atoms with E-state index in [2.05, 4.69) is 25.5 Å². The molecule has 1 aliphatic rings. The molecule has 2 heterocycles. The summed E-state index contributed by atoms with van der Waals surface area (Å²) in [6, 6.07) is 10.4. The molecule has 178 valence electrons.